The second-order valence-electron chi connectivity index (χ2n) is 5.46. The molecular formula is C16H21N3O. The Balaban J connectivity index is 1.98. The summed E-state index contributed by atoms with van der Waals surface area (Å²) < 4.78 is 0. The third-order valence-electron chi connectivity index (χ3n) is 4.15. The van der Waals surface area contributed by atoms with E-state index >= 15 is 0 Å². The van der Waals surface area contributed by atoms with Crippen LogP contribution in [0.4, 0.5) is 5.69 Å². The highest BCUT2D eigenvalue weighted by Gasteiger charge is 2.27. The molecule has 1 fully saturated rings. The zero-order chi connectivity index (χ0) is 14.5. The molecule has 0 bridgehead atoms. The van der Waals surface area contributed by atoms with Gasteiger partial charge >= 0.3 is 0 Å². The van der Waals surface area contributed by atoms with Crippen molar-refractivity contribution < 1.29 is 4.79 Å². The Morgan fingerprint density at radius 1 is 1.45 bits per heavy atom. The highest BCUT2D eigenvalue weighted by molar-refractivity contribution is 5.94. The molecule has 0 aliphatic heterocycles. The van der Waals surface area contributed by atoms with Gasteiger partial charge in [-0.25, -0.2) is 0 Å². The second kappa shape index (κ2) is 6.53. The number of benzene rings is 1. The molecular weight excluding hydrogens is 250 g/mol. The van der Waals surface area contributed by atoms with Gasteiger partial charge in [0.05, 0.1) is 17.7 Å². The Kier molecular flexibility index (Phi) is 4.75. The monoisotopic (exact) mass is 271 g/mol. The van der Waals surface area contributed by atoms with Crippen LogP contribution in [0.2, 0.25) is 0 Å². The highest BCUT2D eigenvalue weighted by atomic mass is 16.2. The van der Waals surface area contributed by atoms with E-state index in [1.165, 1.54) is 25.7 Å². The quantitative estimate of drug-likeness (QED) is 0.916. The highest BCUT2D eigenvalue weighted by Crippen LogP contribution is 2.24. The first-order chi connectivity index (χ1) is 9.61. The molecule has 20 heavy (non-hydrogen) atoms. The second-order valence-corrected chi connectivity index (χ2v) is 5.46. The minimum absolute atomic E-state index is 0.0190. The molecule has 106 valence electrons. The van der Waals surface area contributed by atoms with E-state index < -0.39 is 0 Å². The number of anilines is 1. The van der Waals surface area contributed by atoms with Crippen LogP contribution in [0.1, 0.15) is 38.2 Å². The maximum absolute atomic E-state index is 12.3. The van der Waals surface area contributed by atoms with E-state index in [0.29, 0.717) is 17.3 Å². The van der Waals surface area contributed by atoms with Gasteiger partial charge in [0.1, 0.15) is 0 Å². The van der Waals surface area contributed by atoms with E-state index in [0.717, 1.165) is 0 Å². The molecule has 1 aliphatic rings. The molecule has 4 nitrogen and oxygen atoms in total. The first-order valence-electron chi connectivity index (χ1n) is 7.15. The van der Waals surface area contributed by atoms with Gasteiger partial charge in [0.2, 0.25) is 5.91 Å². The van der Waals surface area contributed by atoms with Crippen molar-refractivity contribution in [2.75, 3.05) is 12.4 Å². The molecule has 1 saturated carbocycles. The number of hydrogen-bond acceptors (Lipinski definition) is 3. The van der Waals surface area contributed by atoms with Gasteiger partial charge < -0.3 is 5.32 Å². The van der Waals surface area contributed by atoms with Crippen LogP contribution in [0, 0.1) is 11.3 Å². The van der Waals surface area contributed by atoms with Gasteiger partial charge in [-0.05, 0) is 45.0 Å². The smallest absolute Gasteiger partial charge is 0.241 e. The van der Waals surface area contributed by atoms with E-state index in [2.05, 4.69) is 16.3 Å². The first-order valence-corrected chi connectivity index (χ1v) is 7.15. The molecule has 2 rings (SSSR count). The summed E-state index contributed by atoms with van der Waals surface area (Å²) in [6.07, 6.45) is 4.87. The van der Waals surface area contributed by atoms with Crippen molar-refractivity contribution in [3.8, 4) is 6.07 Å². The molecule has 1 N–H and O–H groups in total. The molecule has 1 aliphatic carbocycles. The van der Waals surface area contributed by atoms with Gasteiger partial charge in [0, 0.05) is 11.7 Å². The zero-order valence-electron chi connectivity index (χ0n) is 12.1. The fourth-order valence-corrected chi connectivity index (χ4v) is 2.73. The summed E-state index contributed by atoms with van der Waals surface area (Å²) in [5, 5.41) is 11.8. The lowest BCUT2D eigenvalue weighted by Gasteiger charge is -2.29. The number of likely N-dealkylation sites (N-methyl/N-ethyl adjacent to an activating group) is 1. The van der Waals surface area contributed by atoms with Crippen molar-refractivity contribution >= 4 is 11.6 Å². The van der Waals surface area contributed by atoms with Crippen molar-refractivity contribution in [1.29, 1.82) is 5.26 Å². The van der Waals surface area contributed by atoms with E-state index in [-0.39, 0.29) is 11.9 Å². The average molecular weight is 271 g/mol. The van der Waals surface area contributed by atoms with Crippen molar-refractivity contribution in [2.45, 2.75) is 44.7 Å². The summed E-state index contributed by atoms with van der Waals surface area (Å²) in [6.45, 7) is 1.93. The largest absolute Gasteiger partial charge is 0.325 e. The number of rotatable bonds is 4. The third kappa shape index (κ3) is 3.37. The normalized spacial score (nSPS) is 16.9. The van der Waals surface area contributed by atoms with E-state index in [4.69, 9.17) is 5.26 Å². The number of nitrogens with one attached hydrogen (secondary N) is 1. The Hall–Kier alpha value is -1.86. The molecule has 1 unspecified atom stereocenters. The fraction of sp³-hybridized carbons (Fsp3) is 0.500. The fourth-order valence-electron chi connectivity index (χ4n) is 2.73. The van der Waals surface area contributed by atoms with Gasteiger partial charge in [-0.2, -0.15) is 5.26 Å². The maximum Gasteiger partial charge on any atom is 0.241 e. The van der Waals surface area contributed by atoms with Crippen LogP contribution in [-0.4, -0.2) is 29.9 Å². The number of nitriles is 1. The van der Waals surface area contributed by atoms with Crippen LogP contribution in [0.3, 0.4) is 0 Å². The summed E-state index contributed by atoms with van der Waals surface area (Å²) in [6, 6.07) is 9.43. The minimum atomic E-state index is -0.163. The number of nitrogens with zero attached hydrogens (tertiary/aromatic N) is 2. The topological polar surface area (TPSA) is 56.1 Å². The molecule has 0 saturated heterocycles. The van der Waals surface area contributed by atoms with Crippen molar-refractivity contribution in [2.24, 2.45) is 0 Å². The lowest BCUT2D eigenvalue weighted by molar-refractivity contribution is -0.121. The van der Waals surface area contributed by atoms with Crippen molar-refractivity contribution in [3.63, 3.8) is 0 Å². The Morgan fingerprint density at radius 3 is 2.80 bits per heavy atom. The number of amides is 1. The molecule has 0 radical (unpaired) electrons. The summed E-state index contributed by atoms with van der Waals surface area (Å²) in [5.41, 5.74) is 1.24. The minimum Gasteiger partial charge on any atom is -0.325 e. The van der Waals surface area contributed by atoms with Gasteiger partial charge in [-0.1, -0.05) is 18.9 Å². The molecule has 1 amide bonds. The SMILES string of the molecule is CC(C(=O)Nc1cccc(C#N)c1)N(C)C1CCCC1. The van der Waals surface area contributed by atoms with Crippen LogP contribution < -0.4 is 5.32 Å². The Bertz CT molecular complexity index is 515. The van der Waals surface area contributed by atoms with Crippen molar-refractivity contribution in [3.05, 3.63) is 29.8 Å². The van der Waals surface area contributed by atoms with E-state index in [9.17, 15) is 4.79 Å². The van der Waals surface area contributed by atoms with Crippen LogP contribution in [0.5, 0.6) is 0 Å². The molecule has 1 aromatic rings. The Labute approximate surface area is 120 Å². The van der Waals surface area contributed by atoms with Crippen LogP contribution >= 0.6 is 0 Å². The molecule has 0 spiro atoms. The standard InChI is InChI=1S/C16H21N3O/c1-12(19(2)15-8-3-4-9-15)16(20)18-14-7-5-6-13(10-14)11-17/h5-7,10,12,15H,3-4,8-9H2,1-2H3,(H,18,20). The molecule has 0 aromatic heterocycles. The third-order valence-corrected chi connectivity index (χ3v) is 4.15. The van der Waals surface area contributed by atoms with Crippen molar-refractivity contribution in [1.82, 2.24) is 4.90 Å². The summed E-state index contributed by atoms with van der Waals surface area (Å²) in [4.78, 5) is 14.4. The summed E-state index contributed by atoms with van der Waals surface area (Å²) in [5.74, 6) is -0.0190. The average Bonchev–Trinajstić information content (AvgIpc) is 3.00. The Morgan fingerprint density at radius 2 is 2.15 bits per heavy atom. The molecule has 1 aromatic carbocycles. The lowest BCUT2D eigenvalue weighted by atomic mass is 10.1. The summed E-state index contributed by atoms with van der Waals surface area (Å²) in [7, 11) is 2.02. The predicted molar refractivity (Wildman–Crippen MR) is 79.3 cm³/mol. The van der Waals surface area contributed by atoms with E-state index in [1.54, 1.807) is 24.3 Å². The molecule has 0 heterocycles. The zero-order valence-corrected chi connectivity index (χ0v) is 12.1. The van der Waals surface area contributed by atoms with Gasteiger partial charge in [0.15, 0.2) is 0 Å². The number of hydrogen-bond donors (Lipinski definition) is 1. The molecule has 4 heteroatoms. The van der Waals surface area contributed by atoms with Crippen LogP contribution in [-0.2, 0) is 4.79 Å². The van der Waals surface area contributed by atoms with Crippen LogP contribution in [0.15, 0.2) is 24.3 Å². The maximum atomic E-state index is 12.3. The molecule has 1 atom stereocenters. The number of carbonyl (C=O) groups excluding carboxylic acids is 1. The van der Waals surface area contributed by atoms with E-state index in [1.807, 2.05) is 14.0 Å². The predicted octanol–water partition coefficient (Wildman–Crippen LogP) is 2.76. The van der Waals surface area contributed by atoms with Gasteiger partial charge in [0.25, 0.3) is 0 Å². The number of carbonyl (C=O) groups is 1. The summed E-state index contributed by atoms with van der Waals surface area (Å²) >= 11 is 0. The van der Waals surface area contributed by atoms with Gasteiger partial charge in [-0.15, -0.1) is 0 Å². The first kappa shape index (κ1) is 14.5. The van der Waals surface area contributed by atoms with Gasteiger partial charge in [-0.3, -0.25) is 9.69 Å². The van der Waals surface area contributed by atoms with Crippen LogP contribution in [0.25, 0.3) is 0 Å². The lowest BCUT2D eigenvalue weighted by Crippen LogP contribution is -2.44.